The number of rotatable bonds is 0. The van der Waals surface area contributed by atoms with Gasteiger partial charge >= 0.3 is 0 Å². The summed E-state index contributed by atoms with van der Waals surface area (Å²) in [6.07, 6.45) is 0. The highest BCUT2D eigenvalue weighted by atomic mass is 19.1. The second kappa shape index (κ2) is 2.87. The molecule has 0 atom stereocenters. The molecule has 2 rings (SSSR count). The van der Waals surface area contributed by atoms with Crippen molar-refractivity contribution in [3.63, 3.8) is 0 Å². The molecular formula is C11H15FN2. The van der Waals surface area contributed by atoms with Crippen LogP contribution in [-0.4, -0.2) is 12.1 Å². The van der Waals surface area contributed by atoms with E-state index in [2.05, 4.69) is 10.6 Å². The van der Waals surface area contributed by atoms with Crippen molar-refractivity contribution in [2.45, 2.75) is 26.3 Å². The number of nitrogens with one attached hydrogen (secondary N) is 2. The molecule has 0 amide bonds. The lowest BCUT2D eigenvalue weighted by molar-refractivity contribution is 0.566. The Bertz CT molecular complexity index is 372. The molecule has 1 aliphatic heterocycles. The third kappa shape index (κ3) is 1.43. The highest BCUT2D eigenvalue weighted by Crippen LogP contribution is 2.34. The van der Waals surface area contributed by atoms with Crippen molar-refractivity contribution in [1.29, 1.82) is 0 Å². The molecule has 1 aromatic carbocycles. The summed E-state index contributed by atoms with van der Waals surface area (Å²) in [7, 11) is 0. The number of hydrogen-bond acceptors (Lipinski definition) is 2. The lowest BCUT2D eigenvalue weighted by atomic mass is 9.99. The van der Waals surface area contributed by atoms with Gasteiger partial charge in [0.2, 0.25) is 0 Å². The highest BCUT2D eigenvalue weighted by Gasteiger charge is 2.26. The van der Waals surface area contributed by atoms with E-state index in [9.17, 15) is 4.39 Å². The number of hydrogen-bond donors (Lipinski definition) is 2. The molecule has 0 unspecified atom stereocenters. The zero-order valence-corrected chi connectivity index (χ0v) is 8.74. The van der Waals surface area contributed by atoms with Crippen molar-refractivity contribution in [1.82, 2.24) is 0 Å². The van der Waals surface area contributed by atoms with Crippen LogP contribution in [0.2, 0.25) is 0 Å². The first kappa shape index (κ1) is 9.31. The maximum absolute atomic E-state index is 13.5. The van der Waals surface area contributed by atoms with Gasteiger partial charge in [0, 0.05) is 12.1 Å². The average molecular weight is 194 g/mol. The van der Waals surface area contributed by atoms with Crippen molar-refractivity contribution in [2.75, 3.05) is 17.2 Å². The fourth-order valence-electron chi connectivity index (χ4n) is 1.72. The van der Waals surface area contributed by atoms with E-state index in [0.29, 0.717) is 5.69 Å². The molecule has 0 saturated carbocycles. The van der Waals surface area contributed by atoms with Crippen LogP contribution in [0, 0.1) is 12.7 Å². The summed E-state index contributed by atoms with van der Waals surface area (Å²) in [6, 6.07) is 3.30. The van der Waals surface area contributed by atoms with Crippen LogP contribution < -0.4 is 10.6 Å². The highest BCUT2D eigenvalue weighted by molar-refractivity contribution is 5.75. The first-order valence-corrected chi connectivity index (χ1v) is 4.81. The second-order valence-corrected chi connectivity index (χ2v) is 4.48. The topological polar surface area (TPSA) is 24.1 Å². The molecule has 1 heterocycles. The Kier molecular flexibility index (Phi) is 1.91. The van der Waals surface area contributed by atoms with Gasteiger partial charge in [-0.25, -0.2) is 4.39 Å². The summed E-state index contributed by atoms with van der Waals surface area (Å²) in [5.74, 6) is -0.189. The summed E-state index contributed by atoms with van der Waals surface area (Å²) in [4.78, 5) is 0. The van der Waals surface area contributed by atoms with Crippen LogP contribution in [0.5, 0.6) is 0 Å². The van der Waals surface area contributed by atoms with E-state index in [0.717, 1.165) is 17.8 Å². The molecule has 0 radical (unpaired) electrons. The molecular weight excluding hydrogens is 179 g/mol. The van der Waals surface area contributed by atoms with Gasteiger partial charge < -0.3 is 10.6 Å². The predicted molar refractivity (Wildman–Crippen MR) is 57.3 cm³/mol. The van der Waals surface area contributed by atoms with Gasteiger partial charge in [0.1, 0.15) is 5.82 Å². The molecule has 0 saturated heterocycles. The smallest absolute Gasteiger partial charge is 0.148 e. The van der Waals surface area contributed by atoms with Crippen molar-refractivity contribution in [3.05, 3.63) is 23.5 Å². The molecule has 3 heteroatoms. The maximum Gasteiger partial charge on any atom is 0.148 e. The molecule has 1 aromatic rings. The number of aryl methyl sites for hydroxylation is 1. The lowest BCUT2D eigenvalue weighted by Crippen LogP contribution is -2.42. The quantitative estimate of drug-likeness (QED) is 0.663. The number of anilines is 2. The van der Waals surface area contributed by atoms with Crippen LogP contribution in [-0.2, 0) is 0 Å². The molecule has 0 bridgehead atoms. The van der Waals surface area contributed by atoms with E-state index in [1.165, 1.54) is 6.07 Å². The van der Waals surface area contributed by atoms with Crippen LogP contribution in [0.3, 0.4) is 0 Å². The van der Waals surface area contributed by atoms with E-state index >= 15 is 0 Å². The largest absolute Gasteiger partial charge is 0.381 e. The van der Waals surface area contributed by atoms with E-state index in [4.69, 9.17) is 0 Å². The normalized spacial score (nSPS) is 18.0. The Labute approximate surface area is 83.5 Å². The number of halogens is 1. The van der Waals surface area contributed by atoms with Gasteiger partial charge in [0.15, 0.2) is 0 Å². The van der Waals surface area contributed by atoms with Crippen molar-refractivity contribution in [3.8, 4) is 0 Å². The second-order valence-electron chi connectivity index (χ2n) is 4.48. The SMILES string of the molecule is Cc1ccc(F)c2c1NCC(C)(C)N2. The molecule has 0 aliphatic carbocycles. The molecule has 0 aromatic heterocycles. The van der Waals surface area contributed by atoms with Crippen LogP contribution in [0.15, 0.2) is 12.1 Å². The standard InChI is InChI=1S/C11H15FN2/c1-7-4-5-8(12)10-9(7)13-6-11(2,3)14-10/h4-5,13-14H,6H2,1-3H3. The van der Waals surface area contributed by atoms with E-state index in [1.807, 2.05) is 20.8 Å². The summed E-state index contributed by atoms with van der Waals surface area (Å²) >= 11 is 0. The summed E-state index contributed by atoms with van der Waals surface area (Å²) in [5.41, 5.74) is 2.47. The van der Waals surface area contributed by atoms with Crippen LogP contribution in [0.1, 0.15) is 19.4 Å². The summed E-state index contributed by atoms with van der Waals surface area (Å²) < 4.78 is 13.5. The van der Waals surface area contributed by atoms with Crippen LogP contribution in [0.4, 0.5) is 15.8 Å². The van der Waals surface area contributed by atoms with Crippen LogP contribution in [0.25, 0.3) is 0 Å². The van der Waals surface area contributed by atoms with Crippen molar-refractivity contribution >= 4 is 11.4 Å². The minimum Gasteiger partial charge on any atom is -0.381 e. The lowest BCUT2D eigenvalue weighted by Gasteiger charge is -2.35. The molecule has 1 aliphatic rings. The number of fused-ring (bicyclic) bond motifs is 1. The monoisotopic (exact) mass is 194 g/mol. The van der Waals surface area contributed by atoms with E-state index in [-0.39, 0.29) is 11.4 Å². The molecule has 0 fully saturated rings. The van der Waals surface area contributed by atoms with Gasteiger partial charge in [0.05, 0.1) is 11.4 Å². The van der Waals surface area contributed by atoms with Gasteiger partial charge in [0.25, 0.3) is 0 Å². The predicted octanol–water partition coefficient (Wildman–Crippen LogP) is 2.75. The first-order chi connectivity index (χ1) is 6.49. The minimum atomic E-state index is -0.189. The van der Waals surface area contributed by atoms with Gasteiger partial charge in [-0.3, -0.25) is 0 Å². The van der Waals surface area contributed by atoms with Crippen molar-refractivity contribution < 1.29 is 4.39 Å². The Morgan fingerprint density at radius 1 is 1.29 bits per heavy atom. The Morgan fingerprint density at radius 2 is 2.00 bits per heavy atom. The Balaban J connectivity index is 2.51. The number of benzene rings is 1. The average Bonchev–Trinajstić information content (AvgIpc) is 2.10. The molecule has 2 N–H and O–H groups in total. The van der Waals surface area contributed by atoms with E-state index in [1.54, 1.807) is 6.07 Å². The first-order valence-electron chi connectivity index (χ1n) is 4.81. The van der Waals surface area contributed by atoms with Gasteiger partial charge in [-0.1, -0.05) is 6.07 Å². The molecule has 0 spiro atoms. The zero-order chi connectivity index (χ0) is 10.3. The van der Waals surface area contributed by atoms with Gasteiger partial charge in [-0.2, -0.15) is 0 Å². The summed E-state index contributed by atoms with van der Waals surface area (Å²) in [5, 5.41) is 6.47. The third-order valence-electron chi connectivity index (χ3n) is 2.53. The molecule has 14 heavy (non-hydrogen) atoms. The minimum absolute atomic E-state index is 0.0956. The van der Waals surface area contributed by atoms with E-state index < -0.39 is 0 Å². The third-order valence-corrected chi connectivity index (χ3v) is 2.53. The Hall–Kier alpha value is -1.25. The van der Waals surface area contributed by atoms with Gasteiger partial charge in [-0.15, -0.1) is 0 Å². The zero-order valence-electron chi connectivity index (χ0n) is 8.74. The van der Waals surface area contributed by atoms with Gasteiger partial charge in [-0.05, 0) is 32.4 Å². The summed E-state index contributed by atoms with van der Waals surface area (Å²) in [6.45, 7) is 6.88. The van der Waals surface area contributed by atoms with Crippen molar-refractivity contribution in [2.24, 2.45) is 0 Å². The fraction of sp³-hybridized carbons (Fsp3) is 0.455. The maximum atomic E-state index is 13.5. The molecule has 76 valence electrons. The Morgan fingerprint density at radius 3 is 2.71 bits per heavy atom. The molecule has 2 nitrogen and oxygen atoms in total. The fourth-order valence-corrected chi connectivity index (χ4v) is 1.72. The van der Waals surface area contributed by atoms with Crippen LogP contribution >= 0.6 is 0 Å².